The number of nitrogens with zero attached hydrogens (tertiary/aromatic N) is 2. The van der Waals surface area contributed by atoms with Gasteiger partial charge in [0.25, 0.3) is 0 Å². The first-order valence-electron chi connectivity index (χ1n) is 5.64. The van der Waals surface area contributed by atoms with E-state index in [4.69, 9.17) is 0 Å². The molecule has 1 unspecified atom stereocenters. The summed E-state index contributed by atoms with van der Waals surface area (Å²) in [4.78, 5) is 0. The van der Waals surface area contributed by atoms with Gasteiger partial charge < -0.3 is 0 Å². The van der Waals surface area contributed by atoms with Crippen molar-refractivity contribution in [1.29, 1.82) is 0 Å². The maximum atomic E-state index is 4.13. The van der Waals surface area contributed by atoms with Crippen LogP contribution in [-0.2, 0) is 0 Å². The van der Waals surface area contributed by atoms with E-state index in [9.17, 15) is 0 Å². The minimum Gasteiger partial charge on any atom is -0.0654 e. The summed E-state index contributed by atoms with van der Waals surface area (Å²) in [5.41, 5.74) is 1.29. The van der Waals surface area contributed by atoms with Gasteiger partial charge in [-0.15, -0.1) is 0 Å². The van der Waals surface area contributed by atoms with E-state index in [-0.39, 0.29) is 0 Å². The Balaban J connectivity index is 2.54. The van der Waals surface area contributed by atoms with E-state index in [1.54, 1.807) is 4.68 Å². The van der Waals surface area contributed by atoms with Gasteiger partial charge in [0.05, 0.1) is 0 Å². The second-order valence-corrected chi connectivity index (χ2v) is 3.88. The predicted octanol–water partition coefficient (Wildman–Crippen LogP) is 3.19. The highest BCUT2D eigenvalue weighted by Crippen LogP contribution is 2.25. The average molecular weight is 193 g/mol. The van der Waals surface area contributed by atoms with Crippen molar-refractivity contribution in [2.24, 2.45) is 11.0 Å². The first-order chi connectivity index (χ1) is 6.79. The Morgan fingerprint density at radius 3 is 2.64 bits per heavy atom. The van der Waals surface area contributed by atoms with Crippen LogP contribution in [-0.4, -0.2) is 17.6 Å². The van der Waals surface area contributed by atoms with Gasteiger partial charge in [-0.3, -0.25) is 0 Å². The molecular formula is C12H21N2+. The molecular weight excluding hydrogens is 172 g/mol. The quantitative estimate of drug-likeness (QED) is 0.576. The Morgan fingerprint density at radius 1 is 1.36 bits per heavy atom. The molecule has 0 amide bonds. The summed E-state index contributed by atoms with van der Waals surface area (Å²) >= 11 is 0. The summed E-state index contributed by atoms with van der Waals surface area (Å²) in [6.45, 7) is 8.38. The molecule has 0 saturated carbocycles. The first kappa shape index (κ1) is 11.2. The van der Waals surface area contributed by atoms with Crippen LogP contribution >= 0.6 is 0 Å². The summed E-state index contributed by atoms with van der Waals surface area (Å²) in [5, 5.41) is 4.13. The zero-order chi connectivity index (χ0) is 10.4. The molecule has 1 aliphatic heterocycles. The maximum absolute atomic E-state index is 4.13. The number of allylic oxidation sites excluding steroid dienone is 2. The molecule has 0 aliphatic carbocycles. The Kier molecular flexibility index (Phi) is 4.57. The lowest BCUT2D eigenvalue weighted by molar-refractivity contribution is -0.476. The molecule has 14 heavy (non-hydrogen) atoms. The van der Waals surface area contributed by atoms with E-state index in [2.05, 4.69) is 31.7 Å². The molecule has 0 bridgehead atoms. The van der Waals surface area contributed by atoms with E-state index in [0.717, 1.165) is 0 Å². The third-order valence-electron chi connectivity index (χ3n) is 2.71. The number of unbranched alkanes of at least 4 members (excludes halogenated alkanes) is 1. The Hall–Kier alpha value is -0.920. The lowest BCUT2D eigenvalue weighted by Crippen LogP contribution is -2.11. The number of hydrogen-bond acceptors (Lipinski definition) is 1. The van der Waals surface area contributed by atoms with E-state index in [1.165, 1.54) is 37.8 Å². The van der Waals surface area contributed by atoms with Gasteiger partial charge in [-0.1, -0.05) is 37.8 Å². The number of hydrazone groups is 1. The Labute approximate surface area is 87.0 Å². The molecule has 0 N–H and O–H groups in total. The monoisotopic (exact) mass is 193 g/mol. The van der Waals surface area contributed by atoms with Crippen LogP contribution < -0.4 is 0 Å². The summed E-state index contributed by atoms with van der Waals surface area (Å²) in [6.07, 6.45) is 10.3. The van der Waals surface area contributed by atoms with Gasteiger partial charge in [-0.2, -0.15) is 0 Å². The zero-order valence-electron chi connectivity index (χ0n) is 9.37. The van der Waals surface area contributed by atoms with Crippen molar-refractivity contribution in [3.8, 4) is 0 Å². The molecule has 0 saturated heterocycles. The molecule has 0 spiro atoms. The zero-order valence-corrected chi connectivity index (χ0v) is 9.37. The van der Waals surface area contributed by atoms with Crippen molar-refractivity contribution < 1.29 is 4.68 Å². The maximum Gasteiger partial charge on any atom is 0.218 e. The minimum atomic E-state index is 0.653. The van der Waals surface area contributed by atoms with Crippen molar-refractivity contribution in [3.05, 3.63) is 11.8 Å². The van der Waals surface area contributed by atoms with Gasteiger partial charge in [0.1, 0.15) is 6.21 Å². The highest BCUT2D eigenvalue weighted by molar-refractivity contribution is 5.72. The molecule has 1 aliphatic rings. The molecule has 0 aromatic heterocycles. The molecule has 2 nitrogen and oxygen atoms in total. The fourth-order valence-corrected chi connectivity index (χ4v) is 1.93. The summed E-state index contributed by atoms with van der Waals surface area (Å²) < 4.78 is 1.77. The largest absolute Gasteiger partial charge is 0.218 e. The molecule has 78 valence electrons. The van der Waals surface area contributed by atoms with Crippen molar-refractivity contribution in [1.82, 2.24) is 0 Å². The highest BCUT2D eigenvalue weighted by atomic mass is 15.4. The SMILES string of the molecule is C=[N+]1N=CC=C1C(CCC)CCCC. The highest BCUT2D eigenvalue weighted by Gasteiger charge is 2.24. The molecule has 2 heteroatoms. The molecule has 1 atom stereocenters. The van der Waals surface area contributed by atoms with Crippen LogP contribution in [0, 0.1) is 5.92 Å². The van der Waals surface area contributed by atoms with Crippen molar-refractivity contribution in [3.63, 3.8) is 0 Å². The van der Waals surface area contributed by atoms with Gasteiger partial charge in [0.15, 0.2) is 6.72 Å². The van der Waals surface area contributed by atoms with Crippen molar-refractivity contribution in [2.45, 2.75) is 46.0 Å². The lowest BCUT2D eigenvalue weighted by atomic mass is 9.94. The number of hydrogen-bond donors (Lipinski definition) is 0. The molecule has 0 radical (unpaired) electrons. The normalized spacial score (nSPS) is 17.3. The molecule has 1 heterocycles. The van der Waals surface area contributed by atoms with E-state index < -0.39 is 0 Å². The summed E-state index contributed by atoms with van der Waals surface area (Å²) in [6, 6.07) is 0. The van der Waals surface area contributed by atoms with Crippen LogP contribution in [0.2, 0.25) is 0 Å². The Morgan fingerprint density at radius 2 is 2.14 bits per heavy atom. The van der Waals surface area contributed by atoms with E-state index in [1.807, 2.05) is 6.21 Å². The van der Waals surface area contributed by atoms with Crippen LogP contribution in [0.5, 0.6) is 0 Å². The second kappa shape index (κ2) is 5.74. The fraction of sp³-hybridized carbons (Fsp3) is 0.667. The molecule has 0 aromatic rings. The average Bonchev–Trinajstić information content (AvgIpc) is 2.59. The van der Waals surface area contributed by atoms with Crippen LogP contribution in [0.4, 0.5) is 0 Å². The van der Waals surface area contributed by atoms with Crippen LogP contribution in [0.3, 0.4) is 0 Å². The van der Waals surface area contributed by atoms with E-state index >= 15 is 0 Å². The third kappa shape index (κ3) is 2.79. The predicted molar refractivity (Wildman–Crippen MR) is 61.9 cm³/mol. The van der Waals surface area contributed by atoms with E-state index in [0.29, 0.717) is 5.92 Å². The van der Waals surface area contributed by atoms with Crippen LogP contribution in [0.1, 0.15) is 46.0 Å². The third-order valence-corrected chi connectivity index (χ3v) is 2.71. The molecule has 0 fully saturated rings. The fourth-order valence-electron chi connectivity index (χ4n) is 1.93. The van der Waals surface area contributed by atoms with Crippen LogP contribution in [0.25, 0.3) is 0 Å². The number of rotatable bonds is 6. The van der Waals surface area contributed by atoms with Crippen molar-refractivity contribution >= 4 is 12.9 Å². The van der Waals surface area contributed by atoms with Gasteiger partial charge in [-0.25, -0.2) is 0 Å². The van der Waals surface area contributed by atoms with Gasteiger partial charge >= 0.3 is 0 Å². The smallest absolute Gasteiger partial charge is 0.0654 e. The Bertz CT molecular complexity index is 251. The standard InChI is InChI=1S/C12H21N2/c1-4-6-8-11(7-5-2)12-9-10-13-14(12)3/h9-11H,3-8H2,1-2H3/q+1. The van der Waals surface area contributed by atoms with Gasteiger partial charge in [-0.05, 0) is 17.9 Å². The lowest BCUT2D eigenvalue weighted by Gasteiger charge is -2.11. The van der Waals surface area contributed by atoms with Gasteiger partial charge in [0, 0.05) is 12.0 Å². The summed E-state index contributed by atoms with van der Waals surface area (Å²) in [7, 11) is 0. The van der Waals surface area contributed by atoms with Crippen molar-refractivity contribution in [2.75, 3.05) is 0 Å². The molecule has 1 rings (SSSR count). The van der Waals surface area contributed by atoms with Crippen LogP contribution in [0.15, 0.2) is 16.9 Å². The molecule has 0 aromatic carbocycles. The first-order valence-corrected chi connectivity index (χ1v) is 5.64. The summed E-state index contributed by atoms with van der Waals surface area (Å²) in [5.74, 6) is 0.653. The second-order valence-electron chi connectivity index (χ2n) is 3.88. The topological polar surface area (TPSA) is 15.4 Å². The van der Waals surface area contributed by atoms with Gasteiger partial charge in [0.2, 0.25) is 5.70 Å². The minimum absolute atomic E-state index is 0.653.